The molecule has 0 amide bonds. The van der Waals surface area contributed by atoms with Gasteiger partial charge in [0.05, 0.1) is 5.56 Å². The normalized spacial score (nSPS) is 15.1. The molecule has 0 radical (unpaired) electrons. The fourth-order valence-electron chi connectivity index (χ4n) is 4.40. The summed E-state index contributed by atoms with van der Waals surface area (Å²) in [7, 11) is 0. The third-order valence-electron chi connectivity index (χ3n) is 6.10. The molecule has 0 unspecified atom stereocenters. The van der Waals surface area contributed by atoms with Crippen LogP contribution in [0.5, 0.6) is 0 Å². The van der Waals surface area contributed by atoms with Crippen LogP contribution < -0.4 is 4.57 Å². The molecule has 3 aromatic rings. The first-order valence-corrected chi connectivity index (χ1v) is 9.46. The predicted octanol–water partition coefficient (Wildman–Crippen LogP) is 5.77. The monoisotopic (exact) mass is 328 g/mol. The van der Waals surface area contributed by atoms with Crippen molar-refractivity contribution in [3.63, 3.8) is 0 Å². The van der Waals surface area contributed by atoms with Gasteiger partial charge in [-0.1, -0.05) is 56.3 Å². The van der Waals surface area contributed by atoms with Crippen molar-refractivity contribution in [2.24, 2.45) is 0 Å². The molecule has 0 spiro atoms. The van der Waals surface area contributed by atoms with Gasteiger partial charge in [-0.15, -0.1) is 0 Å². The smallest absolute Gasteiger partial charge is 0.198 e. The standard InChI is InChI=1S/C24H26N/c1-3-24(4-2)15-17-25-16-9-8-12-23(25)21-18-20(13-14-22(21)24)19-10-6-5-7-11-19/h5-14,16,18H,3-4,15,17H2,1-2H3/q+1. The molecule has 0 saturated carbocycles. The number of pyridine rings is 1. The summed E-state index contributed by atoms with van der Waals surface area (Å²) in [6.07, 6.45) is 5.82. The van der Waals surface area contributed by atoms with E-state index >= 15 is 0 Å². The summed E-state index contributed by atoms with van der Waals surface area (Å²) >= 11 is 0. The van der Waals surface area contributed by atoms with Crippen LogP contribution in [0.2, 0.25) is 0 Å². The Hall–Kier alpha value is -2.41. The van der Waals surface area contributed by atoms with Gasteiger partial charge in [0.25, 0.3) is 0 Å². The number of fused-ring (bicyclic) bond motifs is 3. The Labute approximate surface area is 151 Å². The van der Waals surface area contributed by atoms with E-state index in [1.54, 1.807) is 0 Å². The Balaban J connectivity index is 1.97. The molecule has 0 atom stereocenters. The van der Waals surface area contributed by atoms with Gasteiger partial charge in [-0.3, -0.25) is 0 Å². The molecule has 2 heterocycles. The molecule has 25 heavy (non-hydrogen) atoms. The highest BCUT2D eigenvalue weighted by Crippen LogP contribution is 2.43. The third kappa shape index (κ3) is 2.68. The van der Waals surface area contributed by atoms with Gasteiger partial charge < -0.3 is 0 Å². The van der Waals surface area contributed by atoms with E-state index < -0.39 is 0 Å². The fraction of sp³-hybridized carbons (Fsp3) is 0.292. The second-order valence-corrected chi connectivity index (χ2v) is 7.14. The van der Waals surface area contributed by atoms with E-state index in [4.69, 9.17) is 0 Å². The number of nitrogens with zero attached hydrogens (tertiary/aromatic N) is 1. The molecule has 1 nitrogen and oxygen atoms in total. The van der Waals surface area contributed by atoms with Crippen LogP contribution in [0.3, 0.4) is 0 Å². The molecule has 1 heteroatoms. The Kier molecular flexibility index (Phi) is 4.17. The molecule has 0 bridgehead atoms. The highest BCUT2D eigenvalue weighted by Gasteiger charge is 2.36. The van der Waals surface area contributed by atoms with Crippen molar-refractivity contribution in [3.8, 4) is 22.4 Å². The van der Waals surface area contributed by atoms with Crippen molar-refractivity contribution in [2.45, 2.75) is 45.1 Å². The quantitative estimate of drug-likeness (QED) is 0.537. The molecule has 126 valence electrons. The second kappa shape index (κ2) is 6.48. The zero-order valence-corrected chi connectivity index (χ0v) is 15.2. The van der Waals surface area contributed by atoms with Gasteiger partial charge in [-0.25, -0.2) is 0 Å². The van der Waals surface area contributed by atoms with Crippen LogP contribution in [-0.2, 0) is 12.0 Å². The van der Waals surface area contributed by atoms with Crippen LogP contribution in [0.1, 0.15) is 38.7 Å². The summed E-state index contributed by atoms with van der Waals surface area (Å²) in [5.41, 5.74) is 7.14. The van der Waals surface area contributed by atoms with Crippen LogP contribution >= 0.6 is 0 Å². The number of rotatable bonds is 3. The average Bonchev–Trinajstić information content (AvgIpc) is 2.83. The first-order chi connectivity index (χ1) is 12.3. The lowest BCUT2D eigenvalue weighted by Gasteiger charge is -2.31. The zero-order chi connectivity index (χ0) is 17.3. The predicted molar refractivity (Wildman–Crippen MR) is 104 cm³/mol. The maximum Gasteiger partial charge on any atom is 0.212 e. The van der Waals surface area contributed by atoms with E-state index in [1.807, 2.05) is 0 Å². The first-order valence-electron chi connectivity index (χ1n) is 9.46. The van der Waals surface area contributed by atoms with Crippen molar-refractivity contribution >= 4 is 0 Å². The van der Waals surface area contributed by atoms with Gasteiger partial charge in [0.2, 0.25) is 5.69 Å². The Bertz CT molecular complexity index is 876. The summed E-state index contributed by atoms with van der Waals surface area (Å²) < 4.78 is 2.43. The van der Waals surface area contributed by atoms with Gasteiger partial charge in [0.15, 0.2) is 6.20 Å². The molecule has 2 aromatic carbocycles. The Morgan fingerprint density at radius 2 is 1.60 bits per heavy atom. The summed E-state index contributed by atoms with van der Waals surface area (Å²) in [6.45, 7) is 5.78. The minimum absolute atomic E-state index is 0.274. The van der Waals surface area contributed by atoms with Crippen molar-refractivity contribution in [1.29, 1.82) is 0 Å². The van der Waals surface area contributed by atoms with Gasteiger partial charge in [0.1, 0.15) is 6.54 Å². The Morgan fingerprint density at radius 3 is 2.36 bits per heavy atom. The molecule has 1 aromatic heterocycles. The number of hydrogen-bond donors (Lipinski definition) is 0. The largest absolute Gasteiger partial charge is 0.212 e. The van der Waals surface area contributed by atoms with Crippen molar-refractivity contribution < 1.29 is 4.57 Å². The van der Waals surface area contributed by atoms with E-state index in [2.05, 4.69) is 91.3 Å². The van der Waals surface area contributed by atoms with Crippen molar-refractivity contribution in [3.05, 3.63) is 78.5 Å². The highest BCUT2D eigenvalue weighted by atomic mass is 15.0. The van der Waals surface area contributed by atoms with Gasteiger partial charge in [-0.05, 0) is 41.7 Å². The van der Waals surface area contributed by atoms with E-state index in [0.717, 1.165) is 6.54 Å². The average molecular weight is 328 g/mol. The topological polar surface area (TPSA) is 3.88 Å². The number of benzene rings is 2. The maximum atomic E-state index is 2.43. The van der Waals surface area contributed by atoms with Gasteiger partial charge >= 0.3 is 0 Å². The van der Waals surface area contributed by atoms with Gasteiger partial charge in [0, 0.05) is 24.0 Å². The summed E-state index contributed by atoms with van der Waals surface area (Å²) in [4.78, 5) is 0. The second-order valence-electron chi connectivity index (χ2n) is 7.14. The summed E-state index contributed by atoms with van der Waals surface area (Å²) in [5, 5.41) is 0. The Morgan fingerprint density at radius 1 is 0.840 bits per heavy atom. The van der Waals surface area contributed by atoms with Gasteiger partial charge in [-0.2, -0.15) is 4.57 Å². The molecular weight excluding hydrogens is 302 g/mol. The number of hydrogen-bond acceptors (Lipinski definition) is 0. The van der Waals surface area contributed by atoms with E-state index in [1.165, 1.54) is 47.2 Å². The van der Waals surface area contributed by atoms with E-state index in [0.29, 0.717) is 0 Å². The molecule has 1 aliphatic heterocycles. The molecule has 0 saturated heterocycles. The molecule has 4 rings (SSSR count). The maximum absolute atomic E-state index is 2.43. The lowest BCUT2D eigenvalue weighted by molar-refractivity contribution is -0.687. The van der Waals surface area contributed by atoms with Crippen LogP contribution in [-0.4, -0.2) is 0 Å². The lowest BCUT2D eigenvalue weighted by atomic mass is 9.71. The molecule has 1 aliphatic rings. The minimum Gasteiger partial charge on any atom is -0.198 e. The lowest BCUT2D eigenvalue weighted by Crippen LogP contribution is -2.36. The number of aryl methyl sites for hydroxylation is 1. The number of aromatic nitrogens is 1. The molecule has 0 fully saturated rings. The minimum atomic E-state index is 0.274. The summed E-state index contributed by atoms with van der Waals surface area (Å²) in [6, 6.07) is 24.4. The molecular formula is C24H26N+. The summed E-state index contributed by atoms with van der Waals surface area (Å²) in [5.74, 6) is 0. The third-order valence-corrected chi connectivity index (χ3v) is 6.10. The first kappa shape index (κ1) is 16.1. The van der Waals surface area contributed by atoms with Crippen LogP contribution in [0.15, 0.2) is 72.9 Å². The molecule has 0 N–H and O–H groups in total. The zero-order valence-electron chi connectivity index (χ0n) is 15.2. The van der Waals surface area contributed by atoms with E-state index in [-0.39, 0.29) is 5.41 Å². The van der Waals surface area contributed by atoms with Crippen LogP contribution in [0.4, 0.5) is 0 Å². The van der Waals surface area contributed by atoms with Crippen LogP contribution in [0, 0.1) is 0 Å². The van der Waals surface area contributed by atoms with Crippen molar-refractivity contribution in [1.82, 2.24) is 0 Å². The van der Waals surface area contributed by atoms with E-state index in [9.17, 15) is 0 Å². The fourth-order valence-corrected chi connectivity index (χ4v) is 4.40. The SMILES string of the molecule is CCC1(CC)CC[n+]2ccccc2-c2cc(-c3ccccc3)ccc21. The van der Waals surface area contributed by atoms with Crippen LogP contribution in [0.25, 0.3) is 22.4 Å². The van der Waals surface area contributed by atoms with Crippen molar-refractivity contribution in [2.75, 3.05) is 0 Å². The highest BCUT2D eigenvalue weighted by molar-refractivity contribution is 5.74. The molecule has 0 aliphatic carbocycles.